The summed E-state index contributed by atoms with van der Waals surface area (Å²) in [7, 11) is 0. The van der Waals surface area contributed by atoms with Crippen LogP contribution < -0.4 is 0 Å². The predicted octanol–water partition coefficient (Wildman–Crippen LogP) is 7.29. The lowest BCUT2D eigenvalue weighted by atomic mass is 9.76. The molecule has 0 saturated heterocycles. The van der Waals surface area contributed by atoms with Crippen molar-refractivity contribution >= 4 is 16.7 Å². The number of carbonyl (C=O) groups excluding carboxylic acids is 1. The third-order valence-corrected chi connectivity index (χ3v) is 7.09. The van der Waals surface area contributed by atoms with E-state index in [0.29, 0.717) is 6.42 Å². The van der Waals surface area contributed by atoms with Gasteiger partial charge in [0.25, 0.3) is 0 Å². The van der Waals surface area contributed by atoms with Crippen LogP contribution in [0.4, 0.5) is 0 Å². The maximum atomic E-state index is 13.3. The predicted molar refractivity (Wildman–Crippen MR) is 138 cm³/mol. The Morgan fingerprint density at radius 1 is 0.853 bits per heavy atom. The molecule has 1 N–H and O–H groups in total. The Morgan fingerprint density at radius 2 is 1.53 bits per heavy atom. The van der Waals surface area contributed by atoms with Crippen LogP contribution in [-0.2, 0) is 6.42 Å². The van der Waals surface area contributed by atoms with Gasteiger partial charge in [-0.25, -0.2) is 0 Å². The number of hydrogen-bond donors (Lipinski definition) is 1. The monoisotopic (exact) mass is 444 g/mol. The van der Waals surface area contributed by atoms with E-state index < -0.39 is 0 Å². The van der Waals surface area contributed by atoms with Crippen LogP contribution in [0.5, 0.6) is 0 Å². The van der Waals surface area contributed by atoms with E-state index in [-0.39, 0.29) is 17.1 Å². The van der Waals surface area contributed by atoms with E-state index in [2.05, 4.69) is 115 Å². The number of para-hydroxylation sites is 2. The number of aromatic nitrogens is 2. The Hall–Kier alpha value is -3.85. The molecule has 1 aliphatic rings. The van der Waals surface area contributed by atoms with Gasteiger partial charge in [0.05, 0.1) is 5.92 Å². The summed E-state index contributed by atoms with van der Waals surface area (Å²) >= 11 is 0. The molecule has 3 aromatic carbocycles. The highest BCUT2D eigenvalue weighted by Gasteiger charge is 2.36. The summed E-state index contributed by atoms with van der Waals surface area (Å²) in [5.41, 5.74) is 7.74. The molecule has 0 aliphatic heterocycles. The largest absolute Gasteiger partial charge is 0.361 e. The topological polar surface area (TPSA) is 37.8 Å². The Bertz CT molecular complexity index is 1490. The molecule has 1 unspecified atom stereocenters. The molecule has 1 aliphatic carbocycles. The van der Waals surface area contributed by atoms with Crippen molar-refractivity contribution in [2.45, 2.75) is 32.6 Å². The van der Waals surface area contributed by atoms with Gasteiger partial charge in [-0.2, -0.15) is 0 Å². The zero-order valence-electron chi connectivity index (χ0n) is 19.6. The van der Waals surface area contributed by atoms with E-state index >= 15 is 0 Å². The van der Waals surface area contributed by atoms with Crippen LogP contribution in [0.2, 0.25) is 0 Å². The average molecular weight is 445 g/mol. The van der Waals surface area contributed by atoms with Gasteiger partial charge in [-0.3, -0.25) is 4.79 Å². The van der Waals surface area contributed by atoms with E-state index in [1.165, 1.54) is 16.5 Å². The zero-order valence-corrected chi connectivity index (χ0v) is 19.6. The molecule has 2 heterocycles. The highest BCUT2D eigenvalue weighted by Crippen LogP contribution is 2.43. The molecule has 0 fully saturated rings. The van der Waals surface area contributed by atoms with Gasteiger partial charge in [0, 0.05) is 46.2 Å². The second kappa shape index (κ2) is 7.88. The van der Waals surface area contributed by atoms with Crippen LogP contribution in [0.15, 0.2) is 97.2 Å². The van der Waals surface area contributed by atoms with Crippen molar-refractivity contribution in [1.82, 2.24) is 9.55 Å². The lowest BCUT2D eigenvalue weighted by molar-refractivity contribution is 0.0911. The summed E-state index contributed by atoms with van der Waals surface area (Å²) < 4.78 is 2.35. The number of aromatic amines is 1. The maximum Gasteiger partial charge on any atom is 0.165 e. The van der Waals surface area contributed by atoms with Crippen LogP contribution in [0.3, 0.4) is 0 Å². The van der Waals surface area contributed by atoms with Crippen LogP contribution in [-0.4, -0.2) is 15.3 Å². The molecule has 3 heteroatoms. The number of Topliss-reactive ketones (excluding diaryl/α,β-unsaturated/α-hetero) is 1. The molecule has 0 radical (unpaired) electrons. The van der Waals surface area contributed by atoms with Crippen molar-refractivity contribution in [3.05, 3.63) is 125 Å². The minimum absolute atomic E-state index is 0.0148. The molecule has 0 saturated carbocycles. The van der Waals surface area contributed by atoms with Crippen LogP contribution in [0.25, 0.3) is 16.6 Å². The number of carbonyl (C=O) groups is 1. The van der Waals surface area contributed by atoms with E-state index in [1.807, 2.05) is 6.07 Å². The number of rotatable bonds is 4. The quantitative estimate of drug-likeness (QED) is 0.310. The second-order valence-corrected chi connectivity index (χ2v) is 10.2. The summed E-state index contributed by atoms with van der Waals surface area (Å²) in [6, 6.07) is 31.7. The molecule has 2 aromatic heterocycles. The minimum atomic E-state index is -0.0603. The van der Waals surface area contributed by atoms with Gasteiger partial charge in [-0.05, 0) is 47.2 Å². The summed E-state index contributed by atoms with van der Waals surface area (Å²) in [6.07, 6.45) is 3.59. The molecule has 5 aromatic rings. The minimum Gasteiger partial charge on any atom is -0.361 e. The van der Waals surface area contributed by atoms with Crippen LogP contribution in [0, 0.1) is 5.41 Å². The van der Waals surface area contributed by atoms with Crippen molar-refractivity contribution < 1.29 is 4.79 Å². The molecule has 34 heavy (non-hydrogen) atoms. The van der Waals surface area contributed by atoms with Gasteiger partial charge in [-0.1, -0.05) is 80.6 Å². The third kappa shape index (κ3) is 3.40. The maximum absolute atomic E-state index is 13.3. The molecule has 0 spiro atoms. The number of nitrogens with zero attached hydrogens (tertiary/aromatic N) is 1. The fourth-order valence-electron chi connectivity index (χ4n) is 5.62. The molecule has 168 valence electrons. The number of benzene rings is 3. The SMILES string of the molecule is CC1(C)CC(=O)c2cc(C(c3ccccc3)c3c[nH]c4ccccc34)n(-c3ccccc3)c2C1. The van der Waals surface area contributed by atoms with E-state index in [9.17, 15) is 4.79 Å². The van der Waals surface area contributed by atoms with E-state index in [4.69, 9.17) is 0 Å². The Labute approximate surface area is 200 Å². The van der Waals surface area contributed by atoms with Crippen molar-refractivity contribution in [3.8, 4) is 5.69 Å². The lowest BCUT2D eigenvalue weighted by Gasteiger charge is -2.30. The van der Waals surface area contributed by atoms with Crippen molar-refractivity contribution in [2.24, 2.45) is 5.41 Å². The Balaban J connectivity index is 1.68. The Kier molecular flexibility index (Phi) is 4.80. The molecular formula is C31H28N2O. The van der Waals surface area contributed by atoms with Gasteiger partial charge in [-0.15, -0.1) is 0 Å². The summed E-state index contributed by atoms with van der Waals surface area (Å²) in [6.45, 7) is 4.40. The molecule has 0 amide bonds. The summed E-state index contributed by atoms with van der Waals surface area (Å²) in [4.78, 5) is 16.8. The highest BCUT2D eigenvalue weighted by atomic mass is 16.1. The normalized spacial score (nSPS) is 15.9. The molecule has 0 bridgehead atoms. The third-order valence-electron chi connectivity index (χ3n) is 7.09. The van der Waals surface area contributed by atoms with Crippen molar-refractivity contribution in [3.63, 3.8) is 0 Å². The first-order valence-electron chi connectivity index (χ1n) is 12.0. The highest BCUT2D eigenvalue weighted by molar-refractivity contribution is 5.99. The van der Waals surface area contributed by atoms with Gasteiger partial charge in [0.15, 0.2) is 5.78 Å². The zero-order chi connectivity index (χ0) is 23.3. The number of nitrogens with one attached hydrogen (secondary N) is 1. The molecule has 3 nitrogen and oxygen atoms in total. The smallest absolute Gasteiger partial charge is 0.165 e. The second-order valence-electron chi connectivity index (χ2n) is 10.2. The van der Waals surface area contributed by atoms with E-state index in [0.717, 1.165) is 34.6 Å². The standard InChI is InChI=1S/C31H28N2O/c1-31(2)18-28-24(29(34)19-31)17-27(33(28)22-13-7-4-8-14-22)30(21-11-5-3-6-12-21)25-20-32-26-16-10-9-15-23(25)26/h3-17,20,30,32H,18-19H2,1-2H3. The van der Waals surface area contributed by atoms with Crippen LogP contribution in [0.1, 0.15) is 59.1 Å². The van der Waals surface area contributed by atoms with Gasteiger partial charge in [0.2, 0.25) is 0 Å². The molecular weight excluding hydrogens is 416 g/mol. The van der Waals surface area contributed by atoms with Crippen molar-refractivity contribution in [2.75, 3.05) is 0 Å². The Morgan fingerprint density at radius 3 is 2.29 bits per heavy atom. The molecule has 6 rings (SSSR count). The number of hydrogen-bond acceptors (Lipinski definition) is 1. The average Bonchev–Trinajstić information content (AvgIpc) is 3.42. The number of fused-ring (bicyclic) bond motifs is 2. The first-order chi connectivity index (χ1) is 16.5. The first-order valence-corrected chi connectivity index (χ1v) is 12.0. The summed E-state index contributed by atoms with van der Waals surface area (Å²) in [5.74, 6) is 0.229. The summed E-state index contributed by atoms with van der Waals surface area (Å²) in [5, 5.41) is 1.21. The first kappa shape index (κ1) is 20.7. The fourth-order valence-corrected chi connectivity index (χ4v) is 5.62. The molecule has 1 atom stereocenters. The number of ketones is 1. The van der Waals surface area contributed by atoms with Gasteiger partial charge in [0.1, 0.15) is 0 Å². The van der Waals surface area contributed by atoms with Crippen LogP contribution >= 0.6 is 0 Å². The van der Waals surface area contributed by atoms with Gasteiger partial charge >= 0.3 is 0 Å². The van der Waals surface area contributed by atoms with E-state index in [1.54, 1.807) is 0 Å². The van der Waals surface area contributed by atoms with Crippen molar-refractivity contribution in [1.29, 1.82) is 0 Å². The van der Waals surface area contributed by atoms with Gasteiger partial charge < -0.3 is 9.55 Å². The fraction of sp³-hybridized carbons (Fsp3) is 0.194. The number of H-pyrrole nitrogens is 1. The lowest BCUT2D eigenvalue weighted by Crippen LogP contribution is -2.28.